The minimum Gasteiger partial charge on any atom is -0.481 e. The number of carbonyl (C=O) groups excluding carboxylic acids is 1. The van der Waals surface area contributed by atoms with Crippen molar-refractivity contribution in [3.05, 3.63) is 0 Å². The quantitative estimate of drug-likeness (QED) is 0.801. The summed E-state index contributed by atoms with van der Waals surface area (Å²) >= 11 is 0. The van der Waals surface area contributed by atoms with E-state index in [1.807, 2.05) is 25.7 Å². The predicted octanol–water partition coefficient (Wildman–Crippen LogP) is 1.79. The van der Waals surface area contributed by atoms with Gasteiger partial charge in [0.25, 0.3) is 0 Å². The third-order valence-corrected chi connectivity index (χ3v) is 4.49. The molecule has 1 atom stereocenters. The van der Waals surface area contributed by atoms with Gasteiger partial charge in [0.1, 0.15) is 0 Å². The van der Waals surface area contributed by atoms with Gasteiger partial charge in [-0.25, -0.2) is 4.79 Å². The summed E-state index contributed by atoms with van der Waals surface area (Å²) in [5, 5.41) is 9.24. The number of hydrogen-bond acceptors (Lipinski definition) is 3. The molecule has 1 N–H and O–H groups in total. The molecule has 6 nitrogen and oxygen atoms in total. The van der Waals surface area contributed by atoms with Crippen molar-refractivity contribution in [2.75, 3.05) is 26.2 Å². The van der Waals surface area contributed by atoms with Gasteiger partial charge in [-0.1, -0.05) is 0 Å². The number of nitrogens with zero attached hydrogens (tertiary/aromatic N) is 2. The number of urea groups is 1. The number of aliphatic carboxylic acids is 1. The van der Waals surface area contributed by atoms with Crippen molar-refractivity contribution in [2.24, 2.45) is 5.41 Å². The Morgan fingerprint density at radius 2 is 1.71 bits per heavy atom. The Labute approximate surface area is 126 Å². The van der Waals surface area contributed by atoms with Crippen molar-refractivity contribution in [2.45, 2.75) is 52.2 Å². The van der Waals surface area contributed by atoms with E-state index < -0.39 is 11.4 Å². The van der Waals surface area contributed by atoms with Gasteiger partial charge < -0.3 is 19.6 Å². The normalized spacial score (nSPS) is 28.3. The maximum atomic E-state index is 12.6. The van der Waals surface area contributed by atoms with Crippen LogP contribution in [0, 0.1) is 5.41 Å². The minimum absolute atomic E-state index is 0.00524. The Morgan fingerprint density at radius 1 is 1.14 bits per heavy atom. The second-order valence-corrected chi connectivity index (χ2v) is 7.20. The zero-order chi connectivity index (χ0) is 15.8. The molecule has 21 heavy (non-hydrogen) atoms. The molecule has 0 bridgehead atoms. The van der Waals surface area contributed by atoms with Crippen molar-refractivity contribution < 1.29 is 19.4 Å². The lowest BCUT2D eigenvalue weighted by Crippen LogP contribution is -2.58. The molecule has 1 unspecified atom stereocenters. The molecule has 2 aliphatic rings. The lowest BCUT2D eigenvalue weighted by atomic mass is 9.80. The SMILES string of the molecule is CC1CN(C(=O)N2CCC(C)(C(=O)O)CC2)CC(C)(C)O1. The number of amides is 2. The number of rotatable bonds is 1. The van der Waals surface area contributed by atoms with Crippen LogP contribution in [0.15, 0.2) is 0 Å². The molecule has 6 heteroatoms. The fourth-order valence-corrected chi connectivity index (χ4v) is 3.20. The Bertz CT molecular complexity index is 427. The van der Waals surface area contributed by atoms with E-state index in [1.165, 1.54) is 0 Å². The van der Waals surface area contributed by atoms with E-state index in [1.54, 1.807) is 11.8 Å². The maximum absolute atomic E-state index is 12.6. The van der Waals surface area contributed by atoms with E-state index in [-0.39, 0.29) is 17.7 Å². The summed E-state index contributed by atoms with van der Waals surface area (Å²) in [6, 6.07) is 0.00524. The van der Waals surface area contributed by atoms with Gasteiger partial charge in [-0.2, -0.15) is 0 Å². The second kappa shape index (κ2) is 5.48. The van der Waals surface area contributed by atoms with Gasteiger partial charge in [0.2, 0.25) is 0 Å². The Balaban J connectivity index is 1.97. The van der Waals surface area contributed by atoms with Crippen LogP contribution in [0.3, 0.4) is 0 Å². The lowest BCUT2D eigenvalue weighted by Gasteiger charge is -2.45. The minimum atomic E-state index is -0.768. The number of carboxylic acid groups (broad SMARTS) is 1. The average molecular weight is 298 g/mol. The summed E-state index contributed by atoms with van der Waals surface area (Å²) in [4.78, 5) is 27.5. The van der Waals surface area contributed by atoms with Crippen molar-refractivity contribution in [1.82, 2.24) is 9.80 Å². The summed E-state index contributed by atoms with van der Waals surface area (Å²) in [6.45, 7) is 9.89. The van der Waals surface area contributed by atoms with Crippen LogP contribution in [0.1, 0.15) is 40.5 Å². The first-order chi connectivity index (χ1) is 9.63. The number of carboxylic acids is 1. The molecule has 0 aromatic carbocycles. The molecular formula is C15H26N2O4. The molecule has 2 heterocycles. The molecule has 120 valence electrons. The van der Waals surface area contributed by atoms with Crippen LogP contribution in [0.2, 0.25) is 0 Å². The van der Waals surface area contributed by atoms with E-state index in [9.17, 15) is 14.7 Å². The summed E-state index contributed by atoms with van der Waals surface area (Å²) in [7, 11) is 0. The Morgan fingerprint density at radius 3 is 2.19 bits per heavy atom. The van der Waals surface area contributed by atoms with Crippen LogP contribution in [0.4, 0.5) is 4.79 Å². The molecular weight excluding hydrogens is 272 g/mol. The maximum Gasteiger partial charge on any atom is 0.320 e. The second-order valence-electron chi connectivity index (χ2n) is 7.20. The van der Waals surface area contributed by atoms with Gasteiger partial charge in [0.15, 0.2) is 0 Å². The highest BCUT2D eigenvalue weighted by Crippen LogP contribution is 2.32. The highest BCUT2D eigenvalue weighted by atomic mass is 16.5. The van der Waals surface area contributed by atoms with E-state index in [0.717, 1.165) is 0 Å². The van der Waals surface area contributed by atoms with Crippen LogP contribution in [0.5, 0.6) is 0 Å². The summed E-state index contributed by atoms with van der Waals surface area (Å²) in [5.41, 5.74) is -1.03. The zero-order valence-electron chi connectivity index (χ0n) is 13.4. The third kappa shape index (κ3) is 3.48. The van der Waals surface area contributed by atoms with Gasteiger partial charge in [-0.3, -0.25) is 4.79 Å². The fourth-order valence-electron chi connectivity index (χ4n) is 3.20. The molecule has 0 aliphatic carbocycles. The van der Waals surface area contributed by atoms with Crippen molar-refractivity contribution in [3.63, 3.8) is 0 Å². The summed E-state index contributed by atoms with van der Waals surface area (Å²) < 4.78 is 5.82. The van der Waals surface area contributed by atoms with Crippen LogP contribution < -0.4 is 0 Å². The van der Waals surface area contributed by atoms with Crippen molar-refractivity contribution in [1.29, 1.82) is 0 Å². The fraction of sp³-hybridized carbons (Fsp3) is 0.867. The number of morpholine rings is 1. The topological polar surface area (TPSA) is 70.1 Å². The summed E-state index contributed by atoms with van der Waals surface area (Å²) in [6.07, 6.45) is 1.04. The average Bonchev–Trinajstić information content (AvgIpc) is 2.36. The molecule has 2 amide bonds. The number of hydrogen-bond donors (Lipinski definition) is 1. The molecule has 0 spiro atoms. The van der Waals surface area contributed by atoms with E-state index in [4.69, 9.17) is 4.74 Å². The number of likely N-dealkylation sites (tertiary alicyclic amines) is 1. The monoisotopic (exact) mass is 298 g/mol. The largest absolute Gasteiger partial charge is 0.481 e. The van der Waals surface area contributed by atoms with E-state index >= 15 is 0 Å². The van der Waals surface area contributed by atoms with Gasteiger partial charge in [-0.15, -0.1) is 0 Å². The highest BCUT2D eigenvalue weighted by Gasteiger charge is 2.41. The first-order valence-corrected chi connectivity index (χ1v) is 7.58. The molecule has 2 fully saturated rings. The predicted molar refractivity (Wildman–Crippen MR) is 78.1 cm³/mol. The van der Waals surface area contributed by atoms with Gasteiger partial charge in [0, 0.05) is 19.6 Å². The highest BCUT2D eigenvalue weighted by molar-refractivity contribution is 5.77. The summed E-state index contributed by atoms with van der Waals surface area (Å²) in [5.74, 6) is -0.768. The van der Waals surface area contributed by atoms with Crippen LogP contribution in [0.25, 0.3) is 0 Å². The van der Waals surface area contributed by atoms with Crippen LogP contribution in [-0.2, 0) is 9.53 Å². The first-order valence-electron chi connectivity index (χ1n) is 7.58. The smallest absolute Gasteiger partial charge is 0.320 e. The van der Waals surface area contributed by atoms with Gasteiger partial charge in [-0.05, 0) is 40.5 Å². The number of carbonyl (C=O) groups is 2. The van der Waals surface area contributed by atoms with Crippen molar-refractivity contribution in [3.8, 4) is 0 Å². The van der Waals surface area contributed by atoms with E-state index in [2.05, 4.69) is 0 Å². The van der Waals surface area contributed by atoms with Crippen molar-refractivity contribution >= 4 is 12.0 Å². The van der Waals surface area contributed by atoms with Crippen LogP contribution in [-0.4, -0.2) is 64.8 Å². The Hall–Kier alpha value is -1.30. The number of piperidine rings is 1. The third-order valence-electron chi connectivity index (χ3n) is 4.49. The lowest BCUT2D eigenvalue weighted by molar-refractivity contribution is -0.150. The standard InChI is InChI=1S/C15H26N2O4/c1-11-9-17(10-14(2,3)21-11)13(20)16-7-5-15(4,6-8-16)12(18)19/h11H,5-10H2,1-4H3,(H,18,19). The molecule has 2 saturated heterocycles. The van der Waals surface area contributed by atoms with Gasteiger partial charge >= 0.3 is 12.0 Å². The van der Waals surface area contributed by atoms with Crippen LogP contribution >= 0.6 is 0 Å². The molecule has 2 aliphatic heterocycles. The van der Waals surface area contributed by atoms with E-state index in [0.29, 0.717) is 39.0 Å². The molecule has 0 saturated carbocycles. The Kier molecular flexibility index (Phi) is 4.19. The van der Waals surface area contributed by atoms with Gasteiger partial charge in [0.05, 0.1) is 23.7 Å². The molecule has 0 aromatic heterocycles. The first kappa shape index (κ1) is 16.1. The molecule has 2 rings (SSSR count). The molecule has 0 aromatic rings. The number of ether oxygens (including phenoxy) is 1. The molecule has 0 radical (unpaired) electrons. The zero-order valence-corrected chi connectivity index (χ0v) is 13.4.